The number of anilines is 1. The number of terminal acetylenes is 1. The highest BCUT2D eigenvalue weighted by molar-refractivity contribution is 6.30. The third-order valence-corrected chi connectivity index (χ3v) is 3.30. The fraction of sp³-hybridized carbons (Fsp3) is 0.312. The van der Waals surface area contributed by atoms with Gasteiger partial charge in [0.05, 0.1) is 6.54 Å². The molecule has 0 radical (unpaired) electrons. The number of nitrogens with zero attached hydrogens (tertiary/aromatic N) is 2. The molecule has 0 aliphatic heterocycles. The van der Waals surface area contributed by atoms with Crippen LogP contribution in [0.3, 0.4) is 0 Å². The Kier molecular flexibility index (Phi) is 3.78. The second-order valence-corrected chi connectivity index (χ2v) is 6.15. The van der Waals surface area contributed by atoms with E-state index in [9.17, 15) is 0 Å². The molecule has 0 bridgehead atoms. The molecule has 0 atom stereocenters. The van der Waals surface area contributed by atoms with Crippen molar-refractivity contribution in [2.24, 2.45) is 0 Å². The van der Waals surface area contributed by atoms with Gasteiger partial charge in [0, 0.05) is 16.0 Å². The molecule has 0 unspecified atom stereocenters. The molecule has 4 heteroatoms. The van der Waals surface area contributed by atoms with Crippen molar-refractivity contribution in [2.45, 2.75) is 32.7 Å². The minimum atomic E-state index is -0.129. The van der Waals surface area contributed by atoms with Gasteiger partial charge in [0.1, 0.15) is 17.3 Å². The predicted molar refractivity (Wildman–Crippen MR) is 84.6 cm³/mol. The molecule has 0 spiro atoms. The number of rotatable bonds is 2. The summed E-state index contributed by atoms with van der Waals surface area (Å²) in [6.45, 7) is 6.69. The van der Waals surface area contributed by atoms with Crippen molar-refractivity contribution in [3.8, 4) is 23.6 Å². The van der Waals surface area contributed by atoms with Crippen molar-refractivity contribution < 1.29 is 0 Å². The minimum Gasteiger partial charge on any atom is -0.383 e. The third-order valence-electron chi connectivity index (χ3n) is 3.04. The molecule has 0 amide bonds. The molecule has 0 saturated heterocycles. The highest BCUT2D eigenvalue weighted by atomic mass is 35.5. The molecule has 0 fully saturated rings. The first-order valence-corrected chi connectivity index (χ1v) is 6.78. The van der Waals surface area contributed by atoms with E-state index < -0.39 is 0 Å². The molecule has 0 saturated carbocycles. The fourth-order valence-corrected chi connectivity index (χ4v) is 2.24. The van der Waals surface area contributed by atoms with E-state index in [1.165, 1.54) is 0 Å². The van der Waals surface area contributed by atoms with Crippen LogP contribution in [0.25, 0.3) is 11.3 Å². The summed E-state index contributed by atoms with van der Waals surface area (Å²) >= 11 is 5.91. The average molecular weight is 288 g/mol. The first kappa shape index (κ1) is 14.5. The molecule has 104 valence electrons. The highest BCUT2D eigenvalue weighted by Gasteiger charge is 2.25. The molecule has 3 nitrogen and oxygen atoms in total. The molecular formula is C16H18ClN3. The Bertz CT molecular complexity index is 655. The maximum atomic E-state index is 6.23. The Morgan fingerprint density at radius 3 is 2.40 bits per heavy atom. The van der Waals surface area contributed by atoms with E-state index in [0.29, 0.717) is 17.4 Å². The van der Waals surface area contributed by atoms with Crippen LogP contribution in [0.15, 0.2) is 24.3 Å². The average Bonchev–Trinajstić information content (AvgIpc) is 2.69. The summed E-state index contributed by atoms with van der Waals surface area (Å²) in [5.41, 5.74) is 7.79. The summed E-state index contributed by atoms with van der Waals surface area (Å²) < 4.78 is 1.89. The lowest BCUT2D eigenvalue weighted by Crippen LogP contribution is -2.19. The second kappa shape index (κ2) is 5.22. The molecule has 2 rings (SSSR count). The molecular weight excluding hydrogens is 270 g/mol. The van der Waals surface area contributed by atoms with Gasteiger partial charge in [-0.3, -0.25) is 0 Å². The van der Waals surface area contributed by atoms with Gasteiger partial charge in [-0.1, -0.05) is 50.4 Å². The van der Waals surface area contributed by atoms with Crippen molar-refractivity contribution in [1.82, 2.24) is 9.55 Å². The van der Waals surface area contributed by atoms with Gasteiger partial charge in [-0.2, -0.15) is 0 Å². The van der Waals surface area contributed by atoms with Gasteiger partial charge in [0.25, 0.3) is 0 Å². The number of imidazole rings is 1. The largest absolute Gasteiger partial charge is 0.383 e. The van der Waals surface area contributed by atoms with Crippen LogP contribution in [0, 0.1) is 12.3 Å². The first-order valence-electron chi connectivity index (χ1n) is 6.40. The summed E-state index contributed by atoms with van der Waals surface area (Å²) in [6.07, 6.45) is 5.44. The zero-order chi connectivity index (χ0) is 14.9. The Balaban J connectivity index is 2.61. The summed E-state index contributed by atoms with van der Waals surface area (Å²) in [7, 11) is 0. The lowest BCUT2D eigenvalue weighted by atomic mass is 9.95. The van der Waals surface area contributed by atoms with Gasteiger partial charge >= 0.3 is 0 Å². The monoisotopic (exact) mass is 287 g/mol. The maximum Gasteiger partial charge on any atom is 0.132 e. The SMILES string of the molecule is C#CCn1c(C(C)(C)C)nc(-c2ccc(Cl)cc2)c1N. The van der Waals surface area contributed by atoms with Crippen molar-refractivity contribution in [3.63, 3.8) is 0 Å². The van der Waals surface area contributed by atoms with Gasteiger partial charge in [-0.15, -0.1) is 6.42 Å². The van der Waals surface area contributed by atoms with Crippen LogP contribution < -0.4 is 5.73 Å². The lowest BCUT2D eigenvalue weighted by Gasteiger charge is -2.18. The zero-order valence-electron chi connectivity index (χ0n) is 11.9. The Morgan fingerprint density at radius 2 is 1.90 bits per heavy atom. The summed E-state index contributed by atoms with van der Waals surface area (Å²) in [5, 5.41) is 0.687. The quantitative estimate of drug-likeness (QED) is 0.856. The van der Waals surface area contributed by atoms with Crippen molar-refractivity contribution in [2.75, 3.05) is 5.73 Å². The van der Waals surface area contributed by atoms with Crippen molar-refractivity contribution >= 4 is 17.4 Å². The van der Waals surface area contributed by atoms with Crippen LogP contribution in [-0.2, 0) is 12.0 Å². The topological polar surface area (TPSA) is 43.8 Å². The van der Waals surface area contributed by atoms with E-state index >= 15 is 0 Å². The molecule has 2 aromatic rings. The van der Waals surface area contributed by atoms with E-state index in [0.717, 1.165) is 17.1 Å². The predicted octanol–water partition coefficient (Wildman–Crippen LogP) is 3.72. The first-order chi connectivity index (χ1) is 9.34. The summed E-state index contributed by atoms with van der Waals surface area (Å²) in [4.78, 5) is 4.70. The van der Waals surface area contributed by atoms with Gasteiger partial charge < -0.3 is 10.3 Å². The number of nitrogen functional groups attached to an aromatic ring is 1. The number of benzene rings is 1. The Hall–Kier alpha value is -1.92. The number of aromatic nitrogens is 2. The van der Waals surface area contributed by atoms with Crippen LogP contribution in [0.1, 0.15) is 26.6 Å². The number of nitrogens with two attached hydrogens (primary N) is 1. The van der Waals surface area contributed by atoms with Crippen LogP contribution in [-0.4, -0.2) is 9.55 Å². The second-order valence-electron chi connectivity index (χ2n) is 5.72. The van der Waals surface area contributed by atoms with Crippen LogP contribution in [0.5, 0.6) is 0 Å². The third kappa shape index (κ3) is 2.66. The van der Waals surface area contributed by atoms with Gasteiger partial charge in [-0.05, 0) is 12.1 Å². The summed E-state index contributed by atoms with van der Waals surface area (Å²) in [5.74, 6) is 4.11. The van der Waals surface area contributed by atoms with Crippen molar-refractivity contribution in [3.05, 3.63) is 35.1 Å². The van der Waals surface area contributed by atoms with Crippen LogP contribution in [0.4, 0.5) is 5.82 Å². The minimum absolute atomic E-state index is 0.129. The number of halogens is 1. The molecule has 1 aromatic carbocycles. The number of hydrogen-bond acceptors (Lipinski definition) is 2. The number of hydrogen-bond donors (Lipinski definition) is 1. The smallest absolute Gasteiger partial charge is 0.132 e. The molecule has 1 aromatic heterocycles. The van der Waals surface area contributed by atoms with E-state index in [-0.39, 0.29) is 5.41 Å². The van der Waals surface area contributed by atoms with Crippen LogP contribution >= 0.6 is 11.6 Å². The van der Waals surface area contributed by atoms with Crippen molar-refractivity contribution in [1.29, 1.82) is 0 Å². The van der Waals surface area contributed by atoms with E-state index in [4.69, 9.17) is 28.7 Å². The lowest BCUT2D eigenvalue weighted by molar-refractivity contribution is 0.517. The van der Waals surface area contributed by atoms with Gasteiger partial charge in [-0.25, -0.2) is 4.98 Å². The Morgan fingerprint density at radius 1 is 1.30 bits per heavy atom. The fourth-order valence-electron chi connectivity index (χ4n) is 2.11. The zero-order valence-corrected chi connectivity index (χ0v) is 12.7. The van der Waals surface area contributed by atoms with E-state index in [2.05, 4.69) is 26.7 Å². The van der Waals surface area contributed by atoms with E-state index in [1.807, 2.05) is 28.8 Å². The van der Waals surface area contributed by atoms with Gasteiger partial charge in [0.15, 0.2) is 0 Å². The molecule has 0 aliphatic carbocycles. The molecule has 1 heterocycles. The molecule has 2 N–H and O–H groups in total. The normalized spacial score (nSPS) is 11.3. The standard InChI is InChI=1S/C16H18ClN3/c1-5-10-20-14(18)13(19-15(20)16(2,3)4)11-6-8-12(17)9-7-11/h1,6-9H,10,18H2,2-4H3. The summed E-state index contributed by atoms with van der Waals surface area (Å²) in [6, 6.07) is 7.47. The Labute approximate surface area is 124 Å². The van der Waals surface area contributed by atoms with Crippen LogP contribution in [0.2, 0.25) is 5.02 Å². The highest BCUT2D eigenvalue weighted by Crippen LogP contribution is 2.32. The molecule has 0 aliphatic rings. The maximum absolute atomic E-state index is 6.23. The molecule has 20 heavy (non-hydrogen) atoms. The van der Waals surface area contributed by atoms with Gasteiger partial charge in [0.2, 0.25) is 0 Å². The van der Waals surface area contributed by atoms with E-state index in [1.54, 1.807) is 0 Å².